The lowest BCUT2D eigenvalue weighted by molar-refractivity contribution is -0.157. The Morgan fingerprint density at radius 3 is 2.55 bits per heavy atom. The fraction of sp³-hybridized carbons (Fsp3) is 0.438. The molecule has 0 aliphatic rings. The number of esters is 1. The van der Waals surface area contributed by atoms with Crippen molar-refractivity contribution in [2.45, 2.75) is 45.1 Å². The average Bonchev–Trinajstić information content (AvgIpc) is 2.44. The number of rotatable bonds is 8. The molecule has 0 fully saturated rings. The first-order valence-corrected chi connectivity index (χ1v) is 6.77. The van der Waals surface area contributed by atoms with Crippen LogP contribution >= 0.6 is 0 Å². The quantitative estimate of drug-likeness (QED) is 0.585. The zero-order chi connectivity index (χ0) is 15.0. The molecule has 0 aliphatic heterocycles. The fourth-order valence-corrected chi connectivity index (χ4v) is 1.70. The van der Waals surface area contributed by atoms with Gasteiger partial charge in [-0.1, -0.05) is 36.4 Å². The van der Waals surface area contributed by atoms with Crippen LogP contribution in [0.3, 0.4) is 0 Å². The van der Waals surface area contributed by atoms with Gasteiger partial charge >= 0.3 is 5.97 Å². The van der Waals surface area contributed by atoms with E-state index in [9.17, 15) is 4.79 Å². The van der Waals surface area contributed by atoms with E-state index < -0.39 is 12.0 Å². The minimum atomic E-state index is -0.629. The molecule has 110 valence electrons. The molecular formula is C16H23NO3. The molecule has 3 atom stereocenters. The van der Waals surface area contributed by atoms with Crippen molar-refractivity contribution < 1.29 is 14.3 Å². The Hall–Kier alpha value is -1.65. The van der Waals surface area contributed by atoms with Crippen molar-refractivity contribution in [2.24, 2.45) is 5.73 Å². The van der Waals surface area contributed by atoms with E-state index in [1.54, 1.807) is 19.9 Å². The summed E-state index contributed by atoms with van der Waals surface area (Å²) in [4.78, 5) is 11.5. The van der Waals surface area contributed by atoms with E-state index >= 15 is 0 Å². The monoisotopic (exact) mass is 277 g/mol. The molecule has 0 spiro atoms. The van der Waals surface area contributed by atoms with E-state index in [4.69, 9.17) is 15.2 Å². The largest absolute Gasteiger partial charge is 0.459 e. The third-order valence-corrected chi connectivity index (χ3v) is 2.90. The van der Waals surface area contributed by atoms with Crippen LogP contribution in [0, 0.1) is 0 Å². The summed E-state index contributed by atoms with van der Waals surface area (Å²) >= 11 is 0. The molecule has 1 aromatic carbocycles. The predicted molar refractivity (Wildman–Crippen MR) is 79.0 cm³/mol. The lowest BCUT2D eigenvalue weighted by Gasteiger charge is -2.24. The van der Waals surface area contributed by atoms with Crippen molar-refractivity contribution in [2.75, 3.05) is 0 Å². The molecule has 0 bridgehead atoms. The van der Waals surface area contributed by atoms with Gasteiger partial charge in [0.1, 0.15) is 12.1 Å². The topological polar surface area (TPSA) is 61.5 Å². The molecule has 2 unspecified atom stereocenters. The van der Waals surface area contributed by atoms with Crippen LogP contribution in [0.1, 0.15) is 25.8 Å². The van der Waals surface area contributed by atoms with Crippen LogP contribution in [-0.4, -0.2) is 24.2 Å². The van der Waals surface area contributed by atoms with Crippen LogP contribution in [0.25, 0.3) is 0 Å². The van der Waals surface area contributed by atoms with E-state index in [0.717, 1.165) is 5.56 Å². The number of carbonyl (C=O) groups excluding carboxylic acids is 1. The zero-order valence-corrected chi connectivity index (χ0v) is 12.1. The molecular weight excluding hydrogens is 254 g/mol. The number of benzene rings is 1. The van der Waals surface area contributed by atoms with Crippen molar-refractivity contribution >= 4 is 5.97 Å². The van der Waals surface area contributed by atoms with E-state index in [-0.39, 0.29) is 12.2 Å². The fourth-order valence-electron chi connectivity index (χ4n) is 1.70. The molecule has 0 aliphatic carbocycles. The standard InChI is InChI=1S/C16H23NO3/c1-4-8-15(13(3)20-16(18)12(2)17)19-11-14-9-6-5-7-10-14/h4-7,9-10,12-13,15H,1,8,11,17H2,2-3H3/t12-,13?,15?/m0/s1. The maximum absolute atomic E-state index is 11.5. The summed E-state index contributed by atoms with van der Waals surface area (Å²) in [6, 6.07) is 9.22. The molecule has 1 rings (SSSR count). The second-order valence-corrected chi connectivity index (χ2v) is 4.79. The third kappa shape index (κ3) is 5.55. The molecule has 1 aromatic rings. The molecule has 0 saturated heterocycles. The van der Waals surface area contributed by atoms with E-state index in [0.29, 0.717) is 13.0 Å². The second kappa shape index (κ2) is 8.51. The number of ether oxygens (including phenoxy) is 2. The van der Waals surface area contributed by atoms with Gasteiger partial charge in [0, 0.05) is 0 Å². The summed E-state index contributed by atoms with van der Waals surface area (Å²) in [6.45, 7) is 7.58. The van der Waals surface area contributed by atoms with Crippen LogP contribution in [0.4, 0.5) is 0 Å². The Labute approximate surface area is 120 Å². The third-order valence-electron chi connectivity index (χ3n) is 2.90. The lowest BCUT2D eigenvalue weighted by atomic mass is 10.1. The maximum atomic E-state index is 11.5. The molecule has 2 N–H and O–H groups in total. The van der Waals surface area contributed by atoms with E-state index in [2.05, 4.69) is 6.58 Å². The van der Waals surface area contributed by atoms with Crippen LogP contribution in [-0.2, 0) is 20.9 Å². The van der Waals surface area contributed by atoms with Gasteiger partial charge in [-0.2, -0.15) is 0 Å². The number of hydrogen-bond donors (Lipinski definition) is 1. The Morgan fingerprint density at radius 1 is 1.35 bits per heavy atom. The summed E-state index contributed by atoms with van der Waals surface area (Å²) in [6.07, 6.45) is 1.78. The highest BCUT2D eigenvalue weighted by Gasteiger charge is 2.22. The highest BCUT2D eigenvalue weighted by Crippen LogP contribution is 2.13. The first-order valence-electron chi connectivity index (χ1n) is 6.77. The van der Waals surface area contributed by atoms with Crippen molar-refractivity contribution in [3.05, 3.63) is 48.6 Å². The number of nitrogens with two attached hydrogens (primary N) is 1. The van der Waals surface area contributed by atoms with Crippen molar-refractivity contribution in [1.82, 2.24) is 0 Å². The van der Waals surface area contributed by atoms with Gasteiger partial charge in [0.2, 0.25) is 0 Å². The summed E-state index contributed by atoms with van der Waals surface area (Å²) in [5, 5.41) is 0. The van der Waals surface area contributed by atoms with E-state index in [1.165, 1.54) is 0 Å². The van der Waals surface area contributed by atoms with Crippen LogP contribution < -0.4 is 5.73 Å². The van der Waals surface area contributed by atoms with Crippen LogP contribution in [0.15, 0.2) is 43.0 Å². The average molecular weight is 277 g/mol. The molecule has 20 heavy (non-hydrogen) atoms. The zero-order valence-electron chi connectivity index (χ0n) is 12.1. The molecule has 4 nitrogen and oxygen atoms in total. The van der Waals surface area contributed by atoms with Gasteiger partial charge in [-0.3, -0.25) is 4.79 Å². The second-order valence-electron chi connectivity index (χ2n) is 4.79. The summed E-state index contributed by atoms with van der Waals surface area (Å²) < 4.78 is 11.1. The van der Waals surface area contributed by atoms with Gasteiger partial charge in [-0.25, -0.2) is 0 Å². The maximum Gasteiger partial charge on any atom is 0.322 e. The molecule has 0 saturated carbocycles. The molecule has 0 aromatic heterocycles. The normalized spacial score (nSPS) is 15.2. The van der Waals surface area contributed by atoms with E-state index in [1.807, 2.05) is 30.3 Å². The molecule has 0 amide bonds. The lowest BCUT2D eigenvalue weighted by Crippen LogP contribution is -2.37. The Kier molecular flexibility index (Phi) is 6.98. The predicted octanol–water partition coefficient (Wildman–Crippen LogP) is 2.43. The van der Waals surface area contributed by atoms with Gasteiger partial charge in [-0.15, -0.1) is 6.58 Å². The van der Waals surface area contributed by atoms with Crippen molar-refractivity contribution in [3.8, 4) is 0 Å². The van der Waals surface area contributed by atoms with Gasteiger partial charge in [0.15, 0.2) is 0 Å². The number of carbonyl (C=O) groups is 1. The van der Waals surface area contributed by atoms with Gasteiger partial charge in [0.25, 0.3) is 0 Å². The molecule has 0 radical (unpaired) electrons. The summed E-state index contributed by atoms with van der Waals surface area (Å²) in [5.41, 5.74) is 6.56. The first-order chi connectivity index (χ1) is 9.54. The highest BCUT2D eigenvalue weighted by molar-refractivity contribution is 5.75. The Bertz CT molecular complexity index is 417. The van der Waals surface area contributed by atoms with Gasteiger partial charge in [0.05, 0.1) is 12.7 Å². The van der Waals surface area contributed by atoms with Crippen LogP contribution in [0.5, 0.6) is 0 Å². The highest BCUT2D eigenvalue weighted by atomic mass is 16.6. The first kappa shape index (κ1) is 16.4. The summed E-state index contributed by atoms with van der Waals surface area (Å²) in [5.74, 6) is -0.421. The molecule has 0 heterocycles. The van der Waals surface area contributed by atoms with Gasteiger partial charge in [-0.05, 0) is 25.8 Å². The summed E-state index contributed by atoms with van der Waals surface area (Å²) in [7, 11) is 0. The van der Waals surface area contributed by atoms with Crippen LogP contribution in [0.2, 0.25) is 0 Å². The Morgan fingerprint density at radius 2 is 2.00 bits per heavy atom. The minimum absolute atomic E-state index is 0.226. The van der Waals surface area contributed by atoms with Crippen molar-refractivity contribution in [3.63, 3.8) is 0 Å². The minimum Gasteiger partial charge on any atom is -0.459 e. The molecule has 4 heteroatoms. The Balaban J connectivity index is 2.54. The number of hydrogen-bond acceptors (Lipinski definition) is 4. The SMILES string of the molecule is C=CCC(OCc1ccccc1)C(C)OC(=O)[C@H](C)N. The van der Waals surface area contributed by atoms with Gasteiger partial charge < -0.3 is 15.2 Å². The van der Waals surface area contributed by atoms with Crippen molar-refractivity contribution in [1.29, 1.82) is 0 Å². The smallest absolute Gasteiger partial charge is 0.322 e.